The third kappa shape index (κ3) is 6.43. The van der Waals surface area contributed by atoms with Gasteiger partial charge in [-0.05, 0) is 54.8 Å². The first kappa shape index (κ1) is 26.3. The van der Waals surface area contributed by atoms with Gasteiger partial charge < -0.3 is 9.47 Å². The summed E-state index contributed by atoms with van der Waals surface area (Å²) in [6, 6.07) is 6.63. The second kappa shape index (κ2) is 10.5. The second-order valence-electron chi connectivity index (χ2n) is 7.73. The quantitative estimate of drug-likeness (QED) is 0.157. The highest BCUT2D eigenvalue weighted by molar-refractivity contribution is 5.33. The summed E-state index contributed by atoms with van der Waals surface area (Å²) in [7, 11) is 0. The molecule has 0 aromatic heterocycles. The zero-order valence-corrected chi connectivity index (χ0v) is 18.4. The summed E-state index contributed by atoms with van der Waals surface area (Å²) in [5, 5.41) is 0. The average Bonchev–Trinajstić information content (AvgIpc) is 2.77. The molecule has 3 aromatic rings. The van der Waals surface area contributed by atoms with Gasteiger partial charge in [-0.25, -0.2) is 17.6 Å². The first-order valence-electron chi connectivity index (χ1n) is 10.6. The Morgan fingerprint density at radius 1 is 0.657 bits per heavy atom. The van der Waals surface area contributed by atoms with Crippen LogP contribution in [0.4, 0.5) is 35.1 Å². The minimum absolute atomic E-state index is 0.230. The molecule has 0 heterocycles. The van der Waals surface area contributed by atoms with Gasteiger partial charge in [-0.1, -0.05) is 25.8 Å². The molecule has 10 heteroatoms. The Labute approximate surface area is 196 Å². The minimum atomic E-state index is -4.16. The number of hydrogen-bond acceptors (Lipinski definition) is 2. The molecule has 0 amide bonds. The van der Waals surface area contributed by atoms with Gasteiger partial charge in [-0.15, -0.1) is 0 Å². The number of hydrogen-bond donors (Lipinski definition) is 0. The first-order chi connectivity index (χ1) is 16.4. The van der Waals surface area contributed by atoms with E-state index in [1.54, 1.807) is 0 Å². The highest BCUT2D eigenvalue weighted by Crippen LogP contribution is 2.36. The van der Waals surface area contributed by atoms with Crippen LogP contribution in [0.15, 0.2) is 54.6 Å². The Hall–Kier alpha value is -3.30. The van der Waals surface area contributed by atoms with Crippen LogP contribution in [0.25, 0.3) is 0 Å². The Kier molecular flexibility index (Phi) is 7.92. The molecule has 0 aliphatic heterocycles. The van der Waals surface area contributed by atoms with E-state index in [1.807, 2.05) is 6.92 Å². The van der Waals surface area contributed by atoms with Gasteiger partial charge in [0, 0.05) is 12.1 Å². The molecule has 0 fully saturated rings. The Morgan fingerprint density at radius 2 is 1.26 bits per heavy atom. The van der Waals surface area contributed by atoms with Gasteiger partial charge in [0.2, 0.25) is 0 Å². The van der Waals surface area contributed by atoms with E-state index in [0.29, 0.717) is 24.1 Å². The monoisotopic (exact) mass is 504 g/mol. The molecule has 2 nitrogen and oxygen atoms in total. The molecule has 0 atom stereocenters. The maximum absolute atomic E-state index is 14.5. The maximum Gasteiger partial charge on any atom is 0.429 e. The van der Waals surface area contributed by atoms with Gasteiger partial charge in [0.05, 0.1) is 11.1 Å². The van der Waals surface area contributed by atoms with Crippen LogP contribution >= 0.6 is 0 Å². The summed E-state index contributed by atoms with van der Waals surface area (Å²) in [6.45, 7) is 2.00. The summed E-state index contributed by atoms with van der Waals surface area (Å²) < 4.78 is 120. The highest BCUT2D eigenvalue weighted by Gasteiger charge is 2.39. The van der Waals surface area contributed by atoms with Crippen LogP contribution in [-0.2, 0) is 18.6 Å². The van der Waals surface area contributed by atoms with Crippen LogP contribution in [0, 0.1) is 23.3 Å². The van der Waals surface area contributed by atoms with Crippen molar-refractivity contribution < 1.29 is 44.6 Å². The zero-order valence-electron chi connectivity index (χ0n) is 18.4. The number of ether oxygens (including phenoxy) is 2. The molecular formula is C25H20F8O2. The number of benzene rings is 3. The Morgan fingerprint density at radius 3 is 1.83 bits per heavy atom. The van der Waals surface area contributed by atoms with Gasteiger partial charge in [0.15, 0.2) is 17.5 Å². The van der Waals surface area contributed by atoms with Crippen molar-refractivity contribution >= 4 is 0 Å². The van der Waals surface area contributed by atoms with Crippen LogP contribution < -0.4 is 9.47 Å². The standard InChI is InChI=1S/C25H20F8O2/c1-2-3-4-5-15-6-11-19(20(26)12-15)25(32,33)34-17-9-7-16(8-10-17)24(30,31)35-18-13-21(27)23(29)22(28)14-18/h6-14H,2-5H2,1H3. The van der Waals surface area contributed by atoms with Gasteiger partial charge in [-0.3, -0.25) is 0 Å². The second-order valence-corrected chi connectivity index (χ2v) is 7.73. The minimum Gasteiger partial charge on any atom is -0.429 e. The third-order valence-corrected chi connectivity index (χ3v) is 5.06. The first-order valence-corrected chi connectivity index (χ1v) is 10.6. The summed E-state index contributed by atoms with van der Waals surface area (Å²) >= 11 is 0. The summed E-state index contributed by atoms with van der Waals surface area (Å²) in [5.41, 5.74) is -1.33. The van der Waals surface area contributed by atoms with Crippen LogP contribution in [0.1, 0.15) is 42.9 Å². The molecular weight excluding hydrogens is 484 g/mol. The van der Waals surface area contributed by atoms with Crippen molar-refractivity contribution in [2.24, 2.45) is 0 Å². The lowest BCUT2D eigenvalue weighted by atomic mass is 10.0. The molecule has 0 unspecified atom stereocenters. The SMILES string of the molecule is CCCCCc1ccc(C(F)(F)Oc2ccc(C(F)(F)Oc3cc(F)c(F)c(F)c3)cc2)c(F)c1. The van der Waals surface area contributed by atoms with E-state index in [0.717, 1.165) is 43.5 Å². The molecule has 0 aliphatic carbocycles. The normalized spacial score (nSPS) is 12.0. The fraction of sp³-hybridized carbons (Fsp3) is 0.280. The number of halogens is 8. The molecule has 35 heavy (non-hydrogen) atoms. The Balaban J connectivity index is 1.72. The van der Waals surface area contributed by atoms with Crippen molar-refractivity contribution in [3.05, 3.63) is 94.6 Å². The molecule has 0 spiro atoms. The van der Waals surface area contributed by atoms with Crippen LogP contribution in [0.3, 0.4) is 0 Å². The smallest absolute Gasteiger partial charge is 0.429 e. The van der Waals surface area contributed by atoms with E-state index >= 15 is 0 Å². The van der Waals surface area contributed by atoms with E-state index in [1.165, 1.54) is 6.07 Å². The predicted octanol–water partition coefficient (Wildman–Crippen LogP) is 8.23. The lowest BCUT2D eigenvalue weighted by molar-refractivity contribution is -0.188. The molecule has 0 saturated heterocycles. The fourth-order valence-corrected chi connectivity index (χ4v) is 3.25. The highest BCUT2D eigenvalue weighted by atomic mass is 19.3. The molecule has 0 saturated carbocycles. The number of rotatable bonds is 10. The molecule has 0 bridgehead atoms. The lowest BCUT2D eigenvalue weighted by Gasteiger charge is -2.21. The molecule has 3 aromatic carbocycles. The fourth-order valence-electron chi connectivity index (χ4n) is 3.25. The van der Waals surface area contributed by atoms with Crippen molar-refractivity contribution in [2.45, 2.75) is 44.8 Å². The molecule has 3 rings (SSSR count). The Bertz CT molecular complexity index is 1140. The largest absolute Gasteiger partial charge is 0.429 e. The van der Waals surface area contributed by atoms with Gasteiger partial charge in [-0.2, -0.15) is 17.6 Å². The van der Waals surface area contributed by atoms with Crippen LogP contribution in [-0.4, -0.2) is 0 Å². The average molecular weight is 504 g/mol. The molecule has 188 valence electrons. The lowest BCUT2D eigenvalue weighted by Crippen LogP contribution is -2.24. The molecule has 0 radical (unpaired) electrons. The van der Waals surface area contributed by atoms with Crippen LogP contribution in [0.2, 0.25) is 0 Å². The summed E-state index contributed by atoms with van der Waals surface area (Å²) in [5.74, 6) is -8.04. The third-order valence-electron chi connectivity index (χ3n) is 5.06. The zero-order chi connectivity index (χ0) is 25.8. The van der Waals surface area contributed by atoms with Crippen molar-refractivity contribution in [2.75, 3.05) is 0 Å². The van der Waals surface area contributed by atoms with Gasteiger partial charge >= 0.3 is 12.2 Å². The van der Waals surface area contributed by atoms with E-state index in [2.05, 4.69) is 9.47 Å². The van der Waals surface area contributed by atoms with E-state index < -0.39 is 58.1 Å². The van der Waals surface area contributed by atoms with E-state index in [-0.39, 0.29) is 12.1 Å². The van der Waals surface area contributed by atoms with Crippen molar-refractivity contribution in [3.63, 3.8) is 0 Å². The summed E-state index contributed by atoms with van der Waals surface area (Å²) in [4.78, 5) is 0. The van der Waals surface area contributed by atoms with E-state index in [4.69, 9.17) is 0 Å². The maximum atomic E-state index is 14.5. The molecule has 0 N–H and O–H groups in total. The number of alkyl halides is 4. The molecule has 0 aliphatic rings. The summed E-state index contributed by atoms with van der Waals surface area (Å²) in [6.07, 6.45) is -5.07. The van der Waals surface area contributed by atoms with Gasteiger partial charge in [0.25, 0.3) is 0 Å². The van der Waals surface area contributed by atoms with Crippen LogP contribution in [0.5, 0.6) is 11.5 Å². The number of unbranched alkanes of at least 4 members (excludes halogenated alkanes) is 2. The van der Waals surface area contributed by atoms with Crippen molar-refractivity contribution in [1.82, 2.24) is 0 Å². The number of aryl methyl sites for hydroxylation is 1. The topological polar surface area (TPSA) is 18.5 Å². The van der Waals surface area contributed by atoms with Crippen molar-refractivity contribution in [3.8, 4) is 11.5 Å². The predicted molar refractivity (Wildman–Crippen MR) is 111 cm³/mol. The van der Waals surface area contributed by atoms with Crippen molar-refractivity contribution in [1.29, 1.82) is 0 Å². The van der Waals surface area contributed by atoms with E-state index in [9.17, 15) is 35.1 Å². The van der Waals surface area contributed by atoms with Gasteiger partial charge in [0.1, 0.15) is 17.3 Å².